The number of nitrogens with zero attached hydrogens (tertiary/aromatic N) is 1. The van der Waals surface area contributed by atoms with E-state index in [9.17, 15) is 0 Å². The van der Waals surface area contributed by atoms with Gasteiger partial charge in [0.2, 0.25) is 0 Å². The normalized spacial score (nSPS) is 20.6. The summed E-state index contributed by atoms with van der Waals surface area (Å²) in [5, 5.41) is 3.43. The number of piperazine rings is 1. The van der Waals surface area contributed by atoms with Gasteiger partial charge in [0.25, 0.3) is 0 Å². The number of hydrogen-bond acceptors (Lipinski definition) is 2. The highest BCUT2D eigenvalue weighted by Crippen LogP contribution is 2.19. The van der Waals surface area contributed by atoms with E-state index in [4.69, 9.17) is 0 Å². The molecule has 1 aliphatic heterocycles. The van der Waals surface area contributed by atoms with E-state index in [1.807, 2.05) is 0 Å². The number of anilines is 1. The second kappa shape index (κ2) is 6.06. The van der Waals surface area contributed by atoms with Crippen molar-refractivity contribution in [1.29, 1.82) is 0 Å². The molecule has 94 valence electrons. The molecule has 1 unspecified atom stereocenters. The van der Waals surface area contributed by atoms with E-state index in [1.54, 1.807) is 0 Å². The molecule has 0 spiro atoms. The van der Waals surface area contributed by atoms with Gasteiger partial charge in [-0.25, -0.2) is 0 Å². The SMILES string of the molecule is CCCCc1ccc(N2CCNCC2C)cc1. The molecule has 1 N–H and O–H groups in total. The smallest absolute Gasteiger partial charge is 0.0386 e. The van der Waals surface area contributed by atoms with Crippen LogP contribution in [0, 0.1) is 0 Å². The Bertz CT molecular complexity index is 331. The van der Waals surface area contributed by atoms with E-state index in [1.165, 1.54) is 30.5 Å². The fourth-order valence-corrected chi connectivity index (χ4v) is 2.46. The predicted octanol–water partition coefficient (Wildman–Crippen LogP) is 2.83. The standard InChI is InChI=1S/C15H24N2/c1-3-4-5-14-6-8-15(9-7-14)17-11-10-16-12-13(17)2/h6-9,13,16H,3-5,10-12H2,1-2H3. The second-order valence-corrected chi connectivity index (χ2v) is 5.02. The van der Waals surface area contributed by atoms with Crippen LogP contribution in [-0.2, 0) is 6.42 Å². The van der Waals surface area contributed by atoms with Crippen LogP contribution in [0.25, 0.3) is 0 Å². The Hall–Kier alpha value is -1.02. The van der Waals surface area contributed by atoms with Gasteiger partial charge in [-0.05, 0) is 37.5 Å². The minimum absolute atomic E-state index is 0.602. The zero-order chi connectivity index (χ0) is 12.1. The Balaban J connectivity index is 2.01. The summed E-state index contributed by atoms with van der Waals surface area (Å²) in [6.07, 6.45) is 3.79. The van der Waals surface area contributed by atoms with Crippen LogP contribution in [0.5, 0.6) is 0 Å². The monoisotopic (exact) mass is 232 g/mol. The van der Waals surface area contributed by atoms with Crippen molar-refractivity contribution in [3.8, 4) is 0 Å². The summed E-state index contributed by atoms with van der Waals surface area (Å²) < 4.78 is 0. The van der Waals surface area contributed by atoms with Crippen molar-refractivity contribution in [2.75, 3.05) is 24.5 Å². The first-order valence-corrected chi connectivity index (χ1v) is 6.87. The number of rotatable bonds is 4. The molecule has 0 aromatic heterocycles. The van der Waals surface area contributed by atoms with Crippen LogP contribution >= 0.6 is 0 Å². The molecule has 17 heavy (non-hydrogen) atoms. The van der Waals surface area contributed by atoms with Crippen molar-refractivity contribution in [3.05, 3.63) is 29.8 Å². The lowest BCUT2D eigenvalue weighted by molar-refractivity contribution is 0.501. The molecule has 0 aliphatic carbocycles. The summed E-state index contributed by atoms with van der Waals surface area (Å²) in [6.45, 7) is 7.85. The first-order valence-electron chi connectivity index (χ1n) is 6.87. The van der Waals surface area contributed by atoms with Crippen LogP contribution in [-0.4, -0.2) is 25.7 Å². The summed E-state index contributed by atoms with van der Waals surface area (Å²) in [7, 11) is 0. The van der Waals surface area contributed by atoms with Crippen LogP contribution in [0.4, 0.5) is 5.69 Å². The molecule has 0 amide bonds. The van der Waals surface area contributed by atoms with Gasteiger partial charge in [-0.2, -0.15) is 0 Å². The van der Waals surface area contributed by atoms with E-state index in [-0.39, 0.29) is 0 Å². The molecule has 1 aliphatic rings. The zero-order valence-corrected chi connectivity index (χ0v) is 11.1. The maximum absolute atomic E-state index is 3.43. The molecule has 2 heteroatoms. The Morgan fingerprint density at radius 1 is 1.29 bits per heavy atom. The molecular weight excluding hydrogens is 208 g/mol. The molecule has 1 aromatic rings. The lowest BCUT2D eigenvalue weighted by Crippen LogP contribution is -2.49. The van der Waals surface area contributed by atoms with Crippen LogP contribution < -0.4 is 10.2 Å². The van der Waals surface area contributed by atoms with Crippen molar-refractivity contribution in [1.82, 2.24) is 5.32 Å². The Labute approximate surface area is 105 Å². The molecule has 0 radical (unpaired) electrons. The highest BCUT2D eigenvalue weighted by Gasteiger charge is 2.17. The fourth-order valence-electron chi connectivity index (χ4n) is 2.46. The van der Waals surface area contributed by atoms with Crippen molar-refractivity contribution < 1.29 is 0 Å². The zero-order valence-electron chi connectivity index (χ0n) is 11.1. The number of unbranched alkanes of at least 4 members (excludes halogenated alkanes) is 1. The second-order valence-electron chi connectivity index (χ2n) is 5.02. The summed E-state index contributed by atoms with van der Waals surface area (Å²) >= 11 is 0. The van der Waals surface area contributed by atoms with Gasteiger partial charge in [0, 0.05) is 31.4 Å². The molecule has 0 saturated carbocycles. The van der Waals surface area contributed by atoms with Crippen LogP contribution in [0.15, 0.2) is 24.3 Å². The van der Waals surface area contributed by atoms with Crippen molar-refractivity contribution >= 4 is 5.69 Å². The van der Waals surface area contributed by atoms with Crippen LogP contribution in [0.1, 0.15) is 32.3 Å². The largest absolute Gasteiger partial charge is 0.366 e. The van der Waals surface area contributed by atoms with Gasteiger partial charge < -0.3 is 10.2 Å². The average Bonchev–Trinajstić information content (AvgIpc) is 2.38. The maximum Gasteiger partial charge on any atom is 0.0386 e. The summed E-state index contributed by atoms with van der Waals surface area (Å²) in [4.78, 5) is 2.50. The topological polar surface area (TPSA) is 15.3 Å². The number of nitrogens with one attached hydrogen (secondary N) is 1. The first-order chi connectivity index (χ1) is 8.31. The first kappa shape index (κ1) is 12.4. The maximum atomic E-state index is 3.43. The highest BCUT2D eigenvalue weighted by atomic mass is 15.2. The van der Waals surface area contributed by atoms with Gasteiger partial charge >= 0.3 is 0 Å². The fraction of sp³-hybridized carbons (Fsp3) is 0.600. The minimum Gasteiger partial charge on any atom is -0.366 e. The third-order valence-electron chi connectivity index (χ3n) is 3.59. The van der Waals surface area contributed by atoms with Crippen molar-refractivity contribution in [2.24, 2.45) is 0 Å². The van der Waals surface area contributed by atoms with E-state index in [0.717, 1.165) is 19.6 Å². The predicted molar refractivity (Wildman–Crippen MR) is 74.7 cm³/mol. The number of aryl methyl sites for hydroxylation is 1. The third-order valence-corrected chi connectivity index (χ3v) is 3.59. The lowest BCUT2D eigenvalue weighted by atomic mass is 10.1. The van der Waals surface area contributed by atoms with Gasteiger partial charge in [-0.3, -0.25) is 0 Å². The molecule has 1 atom stereocenters. The summed E-state index contributed by atoms with van der Waals surface area (Å²) in [5.74, 6) is 0. The van der Waals surface area contributed by atoms with Gasteiger partial charge in [0.05, 0.1) is 0 Å². The molecule has 1 aromatic carbocycles. The Kier molecular flexibility index (Phi) is 4.43. The van der Waals surface area contributed by atoms with Crippen molar-refractivity contribution in [2.45, 2.75) is 39.2 Å². The molecule has 0 bridgehead atoms. The van der Waals surface area contributed by atoms with Gasteiger partial charge in [-0.15, -0.1) is 0 Å². The Morgan fingerprint density at radius 3 is 2.71 bits per heavy atom. The highest BCUT2D eigenvalue weighted by molar-refractivity contribution is 5.49. The summed E-state index contributed by atoms with van der Waals surface area (Å²) in [6, 6.07) is 9.75. The average molecular weight is 232 g/mol. The Morgan fingerprint density at radius 2 is 2.06 bits per heavy atom. The van der Waals surface area contributed by atoms with Crippen LogP contribution in [0.3, 0.4) is 0 Å². The van der Waals surface area contributed by atoms with Gasteiger partial charge in [0.1, 0.15) is 0 Å². The third kappa shape index (κ3) is 3.22. The minimum atomic E-state index is 0.602. The van der Waals surface area contributed by atoms with E-state index >= 15 is 0 Å². The van der Waals surface area contributed by atoms with Crippen LogP contribution in [0.2, 0.25) is 0 Å². The van der Waals surface area contributed by atoms with Gasteiger partial charge in [-0.1, -0.05) is 25.5 Å². The quantitative estimate of drug-likeness (QED) is 0.858. The van der Waals surface area contributed by atoms with E-state index in [2.05, 4.69) is 48.3 Å². The molecule has 2 nitrogen and oxygen atoms in total. The summed E-state index contributed by atoms with van der Waals surface area (Å²) in [5.41, 5.74) is 2.85. The van der Waals surface area contributed by atoms with E-state index in [0.29, 0.717) is 6.04 Å². The number of benzene rings is 1. The van der Waals surface area contributed by atoms with Crippen molar-refractivity contribution in [3.63, 3.8) is 0 Å². The molecule has 1 fully saturated rings. The van der Waals surface area contributed by atoms with E-state index < -0.39 is 0 Å². The number of hydrogen-bond donors (Lipinski definition) is 1. The molecular formula is C15H24N2. The lowest BCUT2D eigenvalue weighted by Gasteiger charge is -2.36. The molecule has 2 rings (SSSR count). The van der Waals surface area contributed by atoms with Gasteiger partial charge in [0.15, 0.2) is 0 Å². The molecule has 1 heterocycles. The molecule has 1 saturated heterocycles.